The van der Waals surface area contributed by atoms with E-state index in [1.54, 1.807) is 0 Å². The Hall–Kier alpha value is -0.570. The topological polar surface area (TPSA) is 32.3 Å². The van der Waals surface area contributed by atoms with Gasteiger partial charge in [-0.05, 0) is 44.6 Å². The number of carbonyl (C=O) groups is 1. The number of amides is 1. The molecule has 2 unspecified atom stereocenters. The second-order valence-electron chi connectivity index (χ2n) is 6.92. The van der Waals surface area contributed by atoms with Crippen LogP contribution in [0.4, 0.5) is 0 Å². The van der Waals surface area contributed by atoms with E-state index < -0.39 is 0 Å². The molecule has 3 nitrogen and oxygen atoms in total. The molecule has 2 fully saturated rings. The van der Waals surface area contributed by atoms with Gasteiger partial charge in [0.25, 0.3) is 0 Å². The van der Waals surface area contributed by atoms with Crippen LogP contribution in [-0.2, 0) is 4.79 Å². The summed E-state index contributed by atoms with van der Waals surface area (Å²) in [5, 5.41) is 3.64. The summed E-state index contributed by atoms with van der Waals surface area (Å²) in [7, 11) is 0. The van der Waals surface area contributed by atoms with Gasteiger partial charge in [0.1, 0.15) is 0 Å². The van der Waals surface area contributed by atoms with Crippen LogP contribution in [-0.4, -0.2) is 36.5 Å². The number of rotatable bonds is 5. The first kappa shape index (κ1) is 15.8. The standard InChI is InChI=1S/C17H32N2O/c1-4-11-18-15-8-12-19(13-14(15)3)16(20)17(5-2)9-6-7-10-17/h14-15,18H,4-13H2,1-3H3. The van der Waals surface area contributed by atoms with Gasteiger partial charge >= 0.3 is 0 Å². The molecular formula is C17H32N2O. The Kier molecular flexibility index (Phi) is 5.48. The smallest absolute Gasteiger partial charge is 0.228 e. The molecule has 3 heteroatoms. The summed E-state index contributed by atoms with van der Waals surface area (Å²) < 4.78 is 0. The Morgan fingerprint density at radius 2 is 2.00 bits per heavy atom. The first-order valence-corrected chi connectivity index (χ1v) is 8.65. The molecule has 1 amide bonds. The number of piperidine rings is 1. The Morgan fingerprint density at radius 1 is 1.30 bits per heavy atom. The lowest BCUT2D eigenvalue weighted by atomic mass is 9.80. The van der Waals surface area contributed by atoms with Crippen LogP contribution in [0.2, 0.25) is 0 Å². The van der Waals surface area contributed by atoms with E-state index in [2.05, 4.69) is 31.0 Å². The molecule has 1 aliphatic heterocycles. The summed E-state index contributed by atoms with van der Waals surface area (Å²) in [4.78, 5) is 15.1. The summed E-state index contributed by atoms with van der Waals surface area (Å²) >= 11 is 0. The highest BCUT2D eigenvalue weighted by atomic mass is 16.2. The minimum atomic E-state index is -0.0105. The minimum Gasteiger partial charge on any atom is -0.342 e. The molecule has 0 radical (unpaired) electrons. The van der Waals surface area contributed by atoms with Gasteiger partial charge in [-0.25, -0.2) is 0 Å². The third-order valence-electron chi connectivity index (χ3n) is 5.54. The predicted octanol–water partition coefficient (Wildman–Crippen LogP) is 3.19. The highest BCUT2D eigenvalue weighted by Gasteiger charge is 2.43. The van der Waals surface area contributed by atoms with E-state index >= 15 is 0 Å². The van der Waals surface area contributed by atoms with Crippen molar-refractivity contribution in [2.75, 3.05) is 19.6 Å². The van der Waals surface area contributed by atoms with Gasteiger partial charge in [0.15, 0.2) is 0 Å². The first-order chi connectivity index (χ1) is 9.63. The van der Waals surface area contributed by atoms with Crippen LogP contribution >= 0.6 is 0 Å². The first-order valence-electron chi connectivity index (χ1n) is 8.65. The number of carbonyl (C=O) groups excluding carboxylic acids is 1. The van der Waals surface area contributed by atoms with Crippen molar-refractivity contribution in [1.29, 1.82) is 0 Å². The van der Waals surface area contributed by atoms with Crippen molar-refractivity contribution < 1.29 is 4.79 Å². The Bertz CT molecular complexity index is 323. The van der Waals surface area contributed by atoms with Crippen LogP contribution in [0.5, 0.6) is 0 Å². The predicted molar refractivity (Wildman–Crippen MR) is 83.6 cm³/mol. The van der Waals surface area contributed by atoms with Crippen molar-refractivity contribution in [2.24, 2.45) is 11.3 Å². The zero-order chi connectivity index (χ0) is 14.6. The van der Waals surface area contributed by atoms with Gasteiger partial charge in [0, 0.05) is 24.5 Å². The molecule has 0 aromatic heterocycles. The van der Waals surface area contributed by atoms with Gasteiger partial charge in [0.2, 0.25) is 5.91 Å². The van der Waals surface area contributed by atoms with E-state index in [-0.39, 0.29) is 5.41 Å². The van der Waals surface area contributed by atoms with Gasteiger partial charge in [-0.1, -0.05) is 33.6 Å². The summed E-state index contributed by atoms with van der Waals surface area (Å²) in [6.45, 7) is 9.69. The number of nitrogens with one attached hydrogen (secondary N) is 1. The third kappa shape index (κ3) is 3.19. The normalized spacial score (nSPS) is 29.6. The van der Waals surface area contributed by atoms with E-state index in [1.807, 2.05) is 0 Å². The van der Waals surface area contributed by atoms with Gasteiger partial charge in [-0.3, -0.25) is 4.79 Å². The summed E-state index contributed by atoms with van der Waals surface area (Å²) in [5.74, 6) is 1.04. The number of likely N-dealkylation sites (tertiary alicyclic amines) is 1. The number of hydrogen-bond donors (Lipinski definition) is 1. The molecule has 0 bridgehead atoms. The van der Waals surface area contributed by atoms with Crippen molar-refractivity contribution in [3.8, 4) is 0 Å². The van der Waals surface area contributed by atoms with Crippen molar-refractivity contribution in [2.45, 2.75) is 71.8 Å². The van der Waals surface area contributed by atoms with Gasteiger partial charge in [-0.2, -0.15) is 0 Å². The van der Waals surface area contributed by atoms with Crippen LogP contribution in [0.15, 0.2) is 0 Å². The maximum atomic E-state index is 12.9. The van der Waals surface area contributed by atoms with Crippen LogP contribution in [0, 0.1) is 11.3 Å². The quantitative estimate of drug-likeness (QED) is 0.839. The highest BCUT2D eigenvalue weighted by Crippen LogP contribution is 2.43. The maximum absolute atomic E-state index is 12.9. The third-order valence-corrected chi connectivity index (χ3v) is 5.54. The molecule has 116 valence electrons. The summed E-state index contributed by atoms with van der Waals surface area (Å²) in [6, 6.07) is 0.597. The van der Waals surface area contributed by atoms with Crippen LogP contribution in [0.1, 0.15) is 65.7 Å². The molecule has 0 spiro atoms. The lowest BCUT2D eigenvalue weighted by molar-refractivity contribution is -0.144. The number of nitrogens with zero attached hydrogens (tertiary/aromatic N) is 1. The molecule has 0 aromatic carbocycles. The van der Waals surface area contributed by atoms with Crippen molar-refractivity contribution in [3.63, 3.8) is 0 Å². The molecule has 1 saturated heterocycles. The molecule has 2 atom stereocenters. The van der Waals surface area contributed by atoms with Gasteiger partial charge in [-0.15, -0.1) is 0 Å². The molecule has 20 heavy (non-hydrogen) atoms. The molecule has 0 aromatic rings. The fourth-order valence-corrected chi connectivity index (χ4v) is 4.07. The molecule has 1 saturated carbocycles. The molecular weight excluding hydrogens is 248 g/mol. The molecule has 1 N–H and O–H groups in total. The molecule has 1 aliphatic carbocycles. The average Bonchev–Trinajstić information content (AvgIpc) is 2.95. The van der Waals surface area contributed by atoms with E-state index in [1.165, 1.54) is 19.3 Å². The fraction of sp³-hybridized carbons (Fsp3) is 0.941. The van der Waals surface area contributed by atoms with Gasteiger partial charge in [0.05, 0.1) is 0 Å². The SMILES string of the molecule is CCCNC1CCN(C(=O)C2(CC)CCCC2)CC1C. The van der Waals surface area contributed by atoms with Gasteiger partial charge < -0.3 is 10.2 Å². The zero-order valence-electron chi connectivity index (χ0n) is 13.6. The zero-order valence-corrected chi connectivity index (χ0v) is 13.6. The Morgan fingerprint density at radius 3 is 2.55 bits per heavy atom. The lowest BCUT2D eigenvalue weighted by Crippen LogP contribution is -2.53. The summed E-state index contributed by atoms with van der Waals surface area (Å²) in [6.07, 6.45) is 8.04. The second-order valence-corrected chi connectivity index (χ2v) is 6.92. The van der Waals surface area contributed by atoms with E-state index in [4.69, 9.17) is 0 Å². The average molecular weight is 280 g/mol. The molecule has 2 aliphatic rings. The van der Waals surface area contributed by atoms with Crippen molar-refractivity contribution in [1.82, 2.24) is 10.2 Å². The number of hydrogen-bond acceptors (Lipinski definition) is 2. The second kappa shape index (κ2) is 6.93. The summed E-state index contributed by atoms with van der Waals surface area (Å²) in [5.41, 5.74) is -0.0105. The maximum Gasteiger partial charge on any atom is 0.228 e. The highest BCUT2D eigenvalue weighted by molar-refractivity contribution is 5.83. The van der Waals surface area contributed by atoms with Crippen molar-refractivity contribution in [3.05, 3.63) is 0 Å². The lowest BCUT2D eigenvalue weighted by Gasteiger charge is -2.41. The van der Waals surface area contributed by atoms with E-state index in [0.717, 1.165) is 45.3 Å². The van der Waals surface area contributed by atoms with Crippen molar-refractivity contribution >= 4 is 5.91 Å². The Balaban J connectivity index is 1.93. The minimum absolute atomic E-state index is 0.0105. The Labute approximate surface area is 124 Å². The fourth-order valence-electron chi connectivity index (χ4n) is 4.07. The van der Waals surface area contributed by atoms with E-state index in [0.29, 0.717) is 17.9 Å². The molecule has 2 rings (SSSR count). The largest absolute Gasteiger partial charge is 0.342 e. The monoisotopic (exact) mass is 280 g/mol. The van der Waals surface area contributed by atoms with E-state index in [9.17, 15) is 4.79 Å². The van der Waals surface area contributed by atoms with Crippen LogP contribution in [0.3, 0.4) is 0 Å². The van der Waals surface area contributed by atoms with Crippen LogP contribution in [0.25, 0.3) is 0 Å². The van der Waals surface area contributed by atoms with Crippen LogP contribution < -0.4 is 5.32 Å². The molecule has 1 heterocycles.